The number of ether oxygens (including phenoxy) is 1. The SMILES string of the molecule is C[C@@H](N)c1ccccc1Oc1ccc(Br)cc1Cl. The van der Waals surface area contributed by atoms with Gasteiger partial charge < -0.3 is 10.5 Å². The van der Waals surface area contributed by atoms with Crippen LogP contribution >= 0.6 is 27.5 Å². The molecule has 0 fully saturated rings. The maximum absolute atomic E-state index is 6.13. The molecule has 0 heterocycles. The third-order valence-corrected chi connectivity index (χ3v) is 3.31. The Morgan fingerprint density at radius 3 is 2.56 bits per heavy atom. The number of halogens is 2. The molecule has 0 saturated carbocycles. The van der Waals surface area contributed by atoms with Gasteiger partial charge in [0.1, 0.15) is 11.5 Å². The largest absolute Gasteiger partial charge is 0.455 e. The second kappa shape index (κ2) is 5.74. The lowest BCUT2D eigenvalue weighted by atomic mass is 10.1. The Hall–Kier alpha value is -1.03. The summed E-state index contributed by atoms with van der Waals surface area (Å²) in [4.78, 5) is 0. The molecule has 0 aliphatic rings. The maximum Gasteiger partial charge on any atom is 0.146 e. The normalized spacial score (nSPS) is 12.2. The van der Waals surface area contributed by atoms with E-state index in [1.165, 1.54) is 0 Å². The van der Waals surface area contributed by atoms with Gasteiger partial charge in [-0.3, -0.25) is 0 Å². The Balaban J connectivity index is 2.34. The minimum Gasteiger partial charge on any atom is -0.455 e. The molecule has 0 aromatic heterocycles. The van der Waals surface area contributed by atoms with E-state index in [1.54, 1.807) is 6.07 Å². The highest BCUT2D eigenvalue weighted by molar-refractivity contribution is 9.10. The summed E-state index contributed by atoms with van der Waals surface area (Å²) in [6.07, 6.45) is 0. The fourth-order valence-electron chi connectivity index (χ4n) is 1.63. The van der Waals surface area contributed by atoms with Crippen LogP contribution in [0.4, 0.5) is 0 Å². The van der Waals surface area contributed by atoms with Crippen LogP contribution in [0, 0.1) is 0 Å². The third kappa shape index (κ3) is 3.05. The van der Waals surface area contributed by atoms with E-state index in [4.69, 9.17) is 22.1 Å². The molecule has 4 heteroatoms. The number of para-hydroxylation sites is 1. The molecule has 0 radical (unpaired) electrons. The van der Waals surface area contributed by atoms with E-state index in [2.05, 4.69) is 15.9 Å². The molecule has 0 saturated heterocycles. The van der Waals surface area contributed by atoms with Gasteiger partial charge in [0.05, 0.1) is 5.02 Å². The summed E-state index contributed by atoms with van der Waals surface area (Å²) < 4.78 is 6.74. The second-order valence-corrected chi connectivity index (χ2v) is 5.33. The van der Waals surface area contributed by atoms with Crippen molar-refractivity contribution in [3.63, 3.8) is 0 Å². The highest BCUT2D eigenvalue weighted by Gasteiger charge is 2.10. The van der Waals surface area contributed by atoms with Crippen molar-refractivity contribution in [2.24, 2.45) is 5.73 Å². The number of hydrogen-bond acceptors (Lipinski definition) is 2. The van der Waals surface area contributed by atoms with Crippen molar-refractivity contribution in [3.05, 3.63) is 57.5 Å². The quantitative estimate of drug-likeness (QED) is 0.869. The molecule has 18 heavy (non-hydrogen) atoms. The summed E-state index contributed by atoms with van der Waals surface area (Å²) in [5.41, 5.74) is 6.86. The van der Waals surface area contributed by atoms with E-state index < -0.39 is 0 Å². The summed E-state index contributed by atoms with van der Waals surface area (Å²) in [5.74, 6) is 1.35. The van der Waals surface area contributed by atoms with E-state index in [0.29, 0.717) is 10.8 Å². The molecule has 2 aromatic carbocycles. The van der Waals surface area contributed by atoms with Crippen LogP contribution in [0.2, 0.25) is 5.02 Å². The number of benzene rings is 2. The summed E-state index contributed by atoms with van der Waals surface area (Å²) in [7, 11) is 0. The molecule has 0 bridgehead atoms. The molecule has 1 atom stereocenters. The molecule has 2 aromatic rings. The average Bonchev–Trinajstić information content (AvgIpc) is 2.33. The van der Waals surface area contributed by atoms with Crippen molar-refractivity contribution < 1.29 is 4.74 Å². The Morgan fingerprint density at radius 1 is 1.17 bits per heavy atom. The van der Waals surface area contributed by atoms with Crippen LogP contribution in [-0.2, 0) is 0 Å². The molecule has 2 rings (SSSR count). The van der Waals surface area contributed by atoms with Crippen LogP contribution in [0.1, 0.15) is 18.5 Å². The summed E-state index contributed by atoms with van der Waals surface area (Å²) in [6.45, 7) is 1.92. The van der Waals surface area contributed by atoms with Crippen molar-refractivity contribution in [1.82, 2.24) is 0 Å². The van der Waals surface area contributed by atoms with E-state index >= 15 is 0 Å². The highest BCUT2D eigenvalue weighted by Crippen LogP contribution is 2.34. The van der Waals surface area contributed by atoms with Gasteiger partial charge in [-0.1, -0.05) is 45.7 Å². The molecule has 0 aliphatic carbocycles. The lowest BCUT2D eigenvalue weighted by molar-refractivity contribution is 0.472. The monoisotopic (exact) mass is 325 g/mol. The van der Waals surface area contributed by atoms with Gasteiger partial charge in [0.25, 0.3) is 0 Å². The zero-order valence-corrected chi connectivity index (χ0v) is 12.2. The maximum atomic E-state index is 6.13. The molecule has 2 nitrogen and oxygen atoms in total. The molecule has 0 amide bonds. The first-order valence-corrected chi connectivity index (χ1v) is 6.72. The van der Waals surface area contributed by atoms with E-state index in [9.17, 15) is 0 Å². The predicted octanol–water partition coefficient (Wildman–Crippen LogP) is 4.91. The zero-order valence-electron chi connectivity index (χ0n) is 9.86. The van der Waals surface area contributed by atoms with Crippen molar-refractivity contribution >= 4 is 27.5 Å². The van der Waals surface area contributed by atoms with Crippen LogP contribution in [0.3, 0.4) is 0 Å². The molecular formula is C14H13BrClNO. The van der Waals surface area contributed by atoms with Crippen molar-refractivity contribution in [2.75, 3.05) is 0 Å². The number of hydrogen-bond donors (Lipinski definition) is 1. The van der Waals surface area contributed by atoms with Crippen molar-refractivity contribution in [1.29, 1.82) is 0 Å². The van der Waals surface area contributed by atoms with Crippen LogP contribution in [0.5, 0.6) is 11.5 Å². The highest BCUT2D eigenvalue weighted by atomic mass is 79.9. The van der Waals surface area contributed by atoms with Gasteiger partial charge >= 0.3 is 0 Å². The topological polar surface area (TPSA) is 35.2 Å². The third-order valence-electron chi connectivity index (χ3n) is 2.52. The Labute approximate surface area is 120 Å². The molecule has 0 unspecified atom stereocenters. The second-order valence-electron chi connectivity index (χ2n) is 4.00. The first-order valence-electron chi connectivity index (χ1n) is 5.55. The average molecular weight is 327 g/mol. The minimum absolute atomic E-state index is 0.0876. The first-order chi connectivity index (χ1) is 8.58. The van der Waals surface area contributed by atoms with Gasteiger partial charge in [0.15, 0.2) is 0 Å². The van der Waals surface area contributed by atoms with Crippen molar-refractivity contribution in [2.45, 2.75) is 13.0 Å². The van der Waals surface area contributed by atoms with Gasteiger partial charge in [-0.2, -0.15) is 0 Å². The first kappa shape index (κ1) is 13.4. The molecule has 2 N–H and O–H groups in total. The lowest BCUT2D eigenvalue weighted by Gasteiger charge is -2.14. The van der Waals surface area contributed by atoms with E-state index in [1.807, 2.05) is 43.3 Å². The zero-order chi connectivity index (χ0) is 13.1. The standard InChI is InChI=1S/C14H13BrClNO/c1-9(17)11-4-2-3-5-13(11)18-14-7-6-10(15)8-12(14)16/h2-9H,17H2,1H3/t9-/m1/s1. The Kier molecular flexibility index (Phi) is 4.27. The fourth-order valence-corrected chi connectivity index (χ4v) is 2.34. The van der Waals surface area contributed by atoms with Gasteiger partial charge in [-0.15, -0.1) is 0 Å². The summed E-state index contributed by atoms with van der Waals surface area (Å²) >= 11 is 9.48. The van der Waals surface area contributed by atoms with Crippen LogP contribution in [0.15, 0.2) is 46.9 Å². The van der Waals surface area contributed by atoms with Crippen LogP contribution < -0.4 is 10.5 Å². The van der Waals surface area contributed by atoms with Gasteiger partial charge in [-0.05, 0) is 31.2 Å². The predicted molar refractivity (Wildman–Crippen MR) is 78.3 cm³/mol. The van der Waals surface area contributed by atoms with Gasteiger partial charge in [0, 0.05) is 16.1 Å². The number of rotatable bonds is 3. The lowest BCUT2D eigenvalue weighted by Crippen LogP contribution is -2.06. The molecule has 0 spiro atoms. The molecular weight excluding hydrogens is 314 g/mol. The van der Waals surface area contributed by atoms with Crippen LogP contribution in [-0.4, -0.2) is 0 Å². The molecule has 94 valence electrons. The Morgan fingerprint density at radius 2 is 1.89 bits per heavy atom. The van der Waals surface area contributed by atoms with Gasteiger partial charge in [-0.25, -0.2) is 0 Å². The minimum atomic E-state index is -0.0876. The van der Waals surface area contributed by atoms with Crippen LogP contribution in [0.25, 0.3) is 0 Å². The van der Waals surface area contributed by atoms with Gasteiger partial charge in [0.2, 0.25) is 0 Å². The number of nitrogens with two attached hydrogens (primary N) is 1. The Bertz CT molecular complexity index is 557. The molecule has 0 aliphatic heterocycles. The summed E-state index contributed by atoms with van der Waals surface area (Å²) in [6, 6.07) is 13.1. The smallest absolute Gasteiger partial charge is 0.146 e. The van der Waals surface area contributed by atoms with E-state index in [0.717, 1.165) is 15.8 Å². The summed E-state index contributed by atoms with van der Waals surface area (Å²) in [5, 5.41) is 0.559. The van der Waals surface area contributed by atoms with Crippen molar-refractivity contribution in [3.8, 4) is 11.5 Å². The van der Waals surface area contributed by atoms with E-state index in [-0.39, 0.29) is 6.04 Å². The fraction of sp³-hybridized carbons (Fsp3) is 0.143.